The standard InChI is InChI=1S/C19H18N8OS/c28-17(23-15-11-21-4-3-16(15)27-7-5-20-6-8-27)19-26-25-18(29-19)12-1-2-14-13(9-12)10-22-24-14/h1-4,9-11,20H,5-8H2,(H,22,24)(H,23,28). The fourth-order valence-corrected chi connectivity index (χ4v) is 4.08. The second kappa shape index (κ2) is 7.57. The molecule has 1 amide bonds. The Labute approximate surface area is 170 Å². The number of nitrogens with one attached hydrogen (secondary N) is 3. The summed E-state index contributed by atoms with van der Waals surface area (Å²) in [6.45, 7) is 3.59. The van der Waals surface area contributed by atoms with Crippen molar-refractivity contribution in [1.82, 2.24) is 30.7 Å². The Morgan fingerprint density at radius 2 is 2.03 bits per heavy atom. The minimum Gasteiger partial charge on any atom is -0.367 e. The molecule has 0 saturated carbocycles. The van der Waals surface area contributed by atoms with Crippen LogP contribution in [0.1, 0.15) is 9.80 Å². The van der Waals surface area contributed by atoms with Gasteiger partial charge in [-0.25, -0.2) is 0 Å². The fourth-order valence-electron chi connectivity index (χ4n) is 3.35. The molecule has 3 aromatic heterocycles. The van der Waals surface area contributed by atoms with E-state index in [1.807, 2.05) is 24.3 Å². The second-order valence-corrected chi connectivity index (χ2v) is 7.65. The maximum absolute atomic E-state index is 12.8. The van der Waals surface area contributed by atoms with Crippen LogP contribution in [0.4, 0.5) is 11.4 Å². The van der Waals surface area contributed by atoms with Gasteiger partial charge in [-0.3, -0.25) is 14.9 Å². The predicted molar refractivity (Wildman–Crippen MR) is 112 cm³/mol. The number of pyridine rings is 1. The molecule has 1 aromatic carbocycles. The molecule has 0 spiro atoms. The third-order valence-electron chi connectivity index (χ3n) is 4.81. The van der Waals surface area contributed by atoms with Crippen molar-refractivity contribution in [3.63, 3.8) is 0 Å². The van der Waals surface area contributed by atoms with E-state index in [4.69, 9.17) is 0 Å². The molecular formula is C19H18N8OS. The molecule has 1 aliphatic rings. The van der Waals surface area contributed by atoms with Crippen LogP contribution in [0.5, 0.6) is 0 Å². The molecule has 146 valence electrons. The normalized spacial score (nSPS) is 14.3. The lowest BCUT2D eigenvalue weighted by atomic mass is 10.2. The van der Waals surface area contributed by atoms with E-state index in [0.717, 1.165) is 48.3 Å². The van der Waals surface area contributed by atoms with Crippen molar-refractivity contribution in [1.29, 1.82) is 0 Å². The van der Waals surface area contributed by atoms with Crippen LogP contribution in [0.3, 0.4) is 0 Å². The maximum atomic E-state index is 12.8. The lowest BCUT2D eigenvalue weighted by Crippen LogP contribution is -2.43. The van der Waals surface area contributed by atoms with Crippen LogP contribution in [0.25, 0.3) is 21.5 Å². The lowest BCUT2D eigenvalue weighted by molar-refractivity contribution is 0.102. The number of benzene rings is 1. The Bertz CT molecular complexity index is 1160. The highest BCUT2D eigenvalue weighted by atomic mass is 32.1. The van der Waals surface area contributed by atoms with Gasteiger partial charge in [0.05, 0.1) is 29.3 Å². The zero-order chi connectivity index (χ0) is 19.6. The van der Waals surface area contributed by atoms with E-state index in [1.54, 1.807) is 18.6 Å². The number of H-pyrrole nitrogens is 1. The summed E-state index contributed by atoms with van der Waals surface area (Å²) in [6, 6.07) is 7.78. The average molecular weight is 406 g/mol. The summed E-state index contributed by atoms with van der Waals surface area (Å²) < 4.78 is 0. The van der Waals surface area contributed by atoms with Crippen LogP contribution < -0.4 is 15.5 Å². The molecule has 0 aliphatic carbocycles. The van der Waals surface area contributed by atoms with Crippen molar-refractivity contribution in [2.45, 2.75) is 0 Å². The topological polar surface area (TPSA) is 112 Å². The highest BCUT2D eigenvalue weighted by Gasteiger charge is 2.19. The molecule has 0 bridgehead atoms. The molecule has 3 N–H and O–H groups in total. The average Bonchev–Trinajstić information content (AvgIpc) is 3.44. The first kappa shape index (κ1) is 17.7. The summed E-state index contributed by atoms with van der Waals surface area (Å²) >= 11 is 1.26. The number of hydrogen-bond donors (Lipinski definition) is 3. The summed E-state index contributed by atoms with van der Waals surface area (Å²) in [5.41, 5.74) is 3.49. The third kappa shape index (κ3) is 3.55. The highest BCUT2D eigenvalue weighted by molar-refractivity contribution is 7.16. The van der Waals surface area contributed by atoms with Gasteiger partial charge in [0.15, 0.2) is 0 Å². The summed E-state index contributed by atoms with van der Waals surface area (Å²) in [5.74, 6) is -0.289. The minimum atomic E-state index is -0.289. The molecule has 0 atom stereocenters. The summed E-state index contributed by atoms with van der Waals surface area (Å²) in [6.07, 6.45) is 5.17. The zero-order valence-electron chi connectivity index (χ0n) is 15.4. The van der Waals surface area contributed by atoms with Gasteiger partial charge in [0.2, 0.25) is 5.01 Å². The van der Waals surface area contributed by atoms with Crippen molar-refractivity contribution >= 4 is 39.5 Å². The quantitative estimate of drug-likeness (QED) is 0.476. The van der Waals surface area contributed by atoms with E-state index in [-0.39, 0.29) is 5.91 Å². The SMILES string of the molecule is O=C(Nc1cnccc1N1CCNCC1)c1nnc(-c2ccc3[nH]ncc3c2)s1. The van der Waals surface area contributed by atoms with Crippen molar-refractivity contribution in [2.24, 2.45) is 0 Å². The van der Waals surface area contributed by atoms with Crippen LogP contribution in [0.2, 0.25) is 0 Å². The number of piperazine rings is 1. The van der Waals surface area contributed by atoms with Gasteiger partial charge in [-0.15, -0.1) is 10.2 Å². The molecule has 1 aliphatic heterocycles. The number of fused-ring (bicyclic) bond motifs is 1. The van der Waals surface area contributed by atoms with Gasteiger partial charge in [0.1, 0.15) is 5.01 Å². The number of aromatic amines is 1. The predicted octanol–water partition coefficient (Wildman–Crippen LogP) is 2.14. The first-order valence-corrected chi connectivity index (χ1v) is 10.1. The highest BCUT2D eigenvalue weighted by Crippen LogP contribution is 2.28. The van der Waals surface area contributed by atoms with Crippen LogP contribution in [-0.4, -0.2) is 57.5 Å². The molecule has 4 aromatic rings. The molecule has 1 saturated heterocycles. The van der Waals surface area contributed by atoms with Crippen LogP contribution in [0.15, 0.2) is 42.9 Å². The summed E-state index contributed by atoms with van der Waals surface area (Å²) in [5, 5.41) is 23.5. The fraction of sp³-hybridized carbons (Fsp3) is 0.211. The Morgan fingerprint density at radius 1 is 1.14 bits per heavy atom. The van der Waals surface area contributed by atoms with Crippen LogP contribution in [-0.2, 0) is 0 Å². The number of amides is 1. The van der Waals surface area contributed by atoms with E-state index >= 15 is 0 Å². The van der Waals surface area contributed by atoms with Crippen molar-refractivity contribution in [3.05, 3.63) is 47.9 Å². The Balaban J connectivity index is 1.37. The summed E-state index contributed by atoms with van der Waals surface area (Å²) in [4.78, 5) is 19.2. The van der Waals surface area contributed by atoms with E-state index in [2.05, 4.69) is 40.9 Å². The smallest absolute Gasteiger partial charge is 0.286 e. The monoisotopic (exact) mass is 406 g/mol. The molecule has 10 heteroatoms. The van der Waals surface area contributed by atoms with Gasteiger partial charge >= 0.3 is 0 Å². The van der Waals surface area contributed by atoms with Crippen molar-refractivity contribution < 1.29 is 4.79 Å². The molecule has 0 unspecified atom stereocenters. The van der Waals surface area contributed by atoms with Gasteiger partial charge in [0, 0.05) is 43.3 Å². The van der Waals surface area contributed by atoms with E-state index in [0.29, 0.717) is 15.7 Å². The van der Waals surface area contributed by atoms with E-state index < -0.39 is 0 Å². The number of carbonyl (C=O) groups is 1. The van der Waals surface area contributed by atoms with Gasteiger partial charge < -0.3 is 15.5 Å². The van der Waals surface area contributed by atoms with Crippen molar-refractivity contribution in [3.8, 4) is 10.6 Å². The van der Waals surface area contributed by atoms with Gasteiger partial charge in [0.25, 0.3) is 5.91 Å². The number of anilines is 2. The molecule has 5 rings (SSSR count). The Hall–Kier alpha value is -3.37. The minimum absolute atomic E-state index is 0.289. The zero-order valence-corrected chi connectivity index (χ0v) is 16.2. The van der Waals surface area contributed by atoms with Crippen LogP contribution >= 0.6 is 11.3 Å². The number of rotatable bonds is 4. The maximum Gasteiger partial charge on any atom is 0.286 e. The van der Waals surface area contributed by atoms with E-state index in [9.17, 15) is 4.79 Å². The number of aromatic nitrogens is 5. The molecule has 9 nitrogen and oxygen atoms in total. The molecule has 4 heterocycles. The molecule has 0 radical (unpaired) electrons. The number of nitrogens with zero attached hydrogens (tertiary/aromatic N) is 5. The van der Waals surface area contributed by atoms with Gasteiger partial charge in [-0.05, 0) is 24.3 Å². The van der Waals surface area contributed by atoms with Crippen molar-refractivity contribution in [2.75, 3.05) is 36.4 Å². The lowest BCUT2D eigenvalue weighted by Gasteiger charge is -2.30. The Kier molecular flexibility index (Phi) is 4.62. The van der Waals surface area contributed by atoms with Gasteiger partial charge in [-0.1, -0.05) is 11.3 Å². The summed E-state index contributed by atoms with van der Waals surface area (Å²) in [7, 11) is 0. The number of carbonyl (C=O) groups excluding carboxylic acids is 1. The first-order valence-electron chi connectivity index (χ1n) is 9.26. The number of hydrogen-bond acceptors (Lipinski definition) is 8. The van der Waals surface area contributed by atoms with Gasteiger partial charge in [-0.2, -0.15) is 5.10 Å². The molecule has 1 fully saturated rings. The molecular weight excluding hydrogens is 388 g/mol. The molecule has 29 heavy (non-hydrogen) atoms. The van der Waals surface area contributed by atoms with E-state index in [1.165, 1.54) is 11.3 Å². The van der Waals surface area contributed by atoms with Crippen LogP contribution in [0, 0.1) is 0 Å². The second-order valence-electron chi connectivity index (χ2n) is 6.67. The third-order valence-corrected chi connectivity index (χ3v) is 5.78. The first-order chi connectivity index (χ1) is 14.3. The Morgan fingerprint density at radius 3 is 2.93 bits per heavy atom. The largest absolute Gasteiger partial charge is 0.367 e.